The van der Waals surface area contributed by atoms with E-state index >= 15 is 0 Å². The number of carbonyl (C=O) groups is 1. The van der Waals surface area contributed by atoms with Crippen molar-refractivity contribution in [2.24, 2.45) is 0 Å². The zero-order valence-electron chi connectivity index (χ0n) is 15.7. The van der Waals surface area contributed by atoms with Crippen molar-refractivity contribution < 1.29 is 13.2 Å². The van der Waals surface area contributed by atoms with E-state index in [1.807, 2.05) is 12.1 Å². The van der Waals surface area contributed by atoms with Gasteiger partial charge < -0.3 is 10.6 Å². The molecule has 150 valence electrons. The summed E-state index contributed by atoms with van der Waals surface area (Å²) in [6.45, 7) is 1.85. The number of hydrogen-bond acceptors (Lipinski definition) is 8. The van der Waals surface area contributed by atoms with Crippen LogP contribution in [0, 0.1) is 0 Å². The smallest absolute Gasteiger partial charge is 0.240 e. The Kier molecular flexibility index (Phi) is 6.47. The molecule has 2 heterocycles. The number of Topliss-reactive ketones (excluding diaryl/α,β-unsaturated/α-hetero) is 1. The molecule has 10 heteroatoms. The maximum atomic E-state index is 12.3. The minimum Gasteiger partial charge on any atom is -0.367 e. The van der Waals surface area contributed by atoms with Gasteiger partial charge in [0.15, 0.2) is 11.6 Å². The Morgan fingerprint density at radius 1 is 1.00 bits per heavy atom. The predicted molar refractivity (Wildman–Crippen MR) is 110 cm³/mol. The van der Waals surface area contributed by atoms with E-state index in [9.17, 15) is 13.2 Å². The summed E-state index contributed by atoms with van der Waals surface area (Å²) in [6.07, 6.45) is 3.35. The lowest BCUT2D eigenvalue weighted by molar-refractivity contribution is 0.101. The van der Waals surface area contributed by atoms with Gasteiger partial charge in [-0.25, -0.2) is 13.1 Å². The summed E-state index contributed by atoms with van der Waals surface area (Å²) in [4.78, 5) is 15.5. The molecular formula is C19H20N6O3S. The van der Waals surface area contributed by atoms with Gasteiger partial charge in [-0.3, -0.25) is 9.78 Å². The Morgan fingerprint density at radius 3 is 2.48 bits per heavy atom. The van der Waals surface area contributed by atoms with E-state index in [-0.39, 0.29) is 17.2 Å². The fraction of sp³-hybridized carbons (Fsp3) is 0.158. The summed E-state index contributed by atoms with van der Waals surface area (Å²) < 4.78 is 27.2. The molecule has 0 saturated carbocycles. The average molecular weight is 412 g/mol. The van der Waals surface area contributed by atoms with Crippen molar-refractivity contribution in [3.8, 4) is 0 Å². The third kappa shape index (κ3) is 5.80. The third-order valence-electron chi connectivity index (χ3n) is 3.87. The number of nitrogens with zero attached hydrogens (tertiary/aromatic N) is 3. The van der Waals surface area contributed by atoms with Gasteiger partial charge in [0, 0.05) is 24.8 Å². The molecule has 0 radical (unpaired) electrons. The van der Waals surface area contributed by atoms with Crippen molar-refractivity contribution in [2.45, 2.75) is 11.8 Å². The van der Waals surface area contributed by atoms with E-state index in [1.165, 1.54) is 19.1 Å². The molecule has 29 heavy (non-hydrogen) atoms. The van der Waals surface area contributed by atoms with Gasteiger partial charge in [-0.1, -0.05) is 12.1 Å². The molecule has 0 atom stereocenters. The van der Waals surface area contributed by atoms with Crippen molar-refractivity contribution in [3.63, 3.8) is 0 Å². The van der Waals surface area contributed by atoms with E-state index in [0.29, 0.717) is 23.7 Å². The number of pyridine rings is 1. The Bertz CT molecular complexity index is 1070. The summed E-state index contributed by atoms with van der Waals surface area (Å²) >= 11 is 0. The maximum Gasteiger partial charge on any atom is 0.240 e. The molecule has 3 rings (SSSR count). The first-order chi connectivity index (χ1) is 13.9. The largest absolute Gasteiger partial charge is 0.367 e. The highest BCUT2D eigenvalue weighted by Gasteiger charge is 2.14. The van der Waals surface area contributed by atoms with Crippen LogP contribution in [0.15, 0.2) is 65.8 Å². The van der Waals surface area contributed by atoms with Crippen LogP contribution in [0.4, 0.5) is 17.3 Å². The monoisotopic (exact) mass is 412 g/mol. The molecule has 0 fully saturated rings. The summed E-state index contributed by atoms with van der Waals surface area (Å²) in [5.74, 6) is 0.887. The summed E-state index contributed by atoms with van der Waals surface area (Å²) in [5, 5.41) is 14.2. The van der Waals surface area contributed by atoms with Crippen molar-refractivity contribution in [1.29, 1.82) is 0 Å². The molecule has 0 saturated heterocycles. The second-order valence-electron chi connectivity index (χ2n) is 6.08. The molecule has 0 bridgehead atoms. The highest BCUT2D eigenvalue weighted by atomic mass is 32.2. The lowest BCUT2D eigenvalue weighted by Gasteiger charge is -2.09. The van der Waals surface area contributed by atoms with Crippen LogP contribution >= 0.6 is 0 Å². The first-order valence-corrected chi connectivity index (χ1v) is 10.3. The minimum atomic E-state index is -3.71. The van der Waals surface area contributed by atoms with Gasteiger partial charge in [-0.2, -0.15) is 0 Å². The molecule has 9 nitrogen and oxygen atoms in total. The molecule has 0 aliphatic rings. The van der Waals surface area contributed by atoms with E-state index < -0.39 is 10.0 Å². The number of aromatic nitrogens is 3. The Balaban J connectivity index is 1.50. The normalized spacial score (nSPS) is 11.1. The molecule has 3 N–H and O–H groups in total. The van der Waals surface area contributed by atoms with Gasteiger partial charge in [0.2, 0.25) is 10.0 Å². The molecular weight excluding hydrogens is 392 g/mol. The number of sulfonamides is 1. The Labute approximate surface area is 168 Å². The van der Waals surface area contributed by atoms with Crippen molar-refractivity contribution in [3.05, 3.63) is 66.5 Å². The molecule has 0 aliphatic carbocycles. The van der Waals surface area contributed by atoms with E-state index in [2.05, 4.69) is 30.5 Å². The zero-order chi connectivity index (χ0) is 20.7. The maximum absolute atomic E-state index is 12.3. The quantitative estimate of drug-likeness (QED) is 0.361. The third-order valence-corrected chi connectivity index (χ3v) is 5.33. The van der Waals surface area contributed by atoms with Crippen LogP contribution in [0.25, 0.3) is 0 Å². The lowest BCUT2D eigenvalue weighted by atomic mass is 10.2. The second kappa shape index (κ2) is 9.22. The van der Waals surface area contributed by atoms with E-state index in [0.717, 1.165) is 5.69 Å². The molecule has 0 unspecified atom stereocenters. The predicted octanol–water partition coefficient (Wildman–Crippen LogP) is 2.21. The summed E-state index contributed by atoms with van der Waals surface area (Å²) in [5.41, 5.74) is 1.15. The molecule has 1 aromatic carbocycles. The van der Waals surface area contributed by atoms with Crippen LogP contribution in [0.5, 0.6) is 0 Å². The van der Waals surface area contributed by atoms with Crippen LogP contribution in [-0.2, 0) is 10.0 Å². The standard InChI is InChI=1S/C19H20N6O3S/c1-14(26)15-4-2-6-17(12-15)29(27,28)22-11-10-21-18-7-8-19(25-24-18)23-16-5-3-9-20-13-16/h2-9,12-13,22H,10-11H2,1H3,(H,21,24)(H,23,25). The molecule has 0 spiro atoms. The van der Waals surface area contributed by atoms with Crippen LogP contribution in [0.3, 0.4) is 0 Å². The van der Waals surface area contributed by atoms with E-state index in [1.54, 1.807) is 36.7 Å². The van der Waals surface area contributed by atoms with Crippen LogP contribution in [-0.4, -0.2) is 42.5 Å². The number of anilines is 3. The van der Waals surface area contributed by atoms with Crippen molar-refractivity contribution in [1.82, 2.24) is 19.9 Å². The van der Waals surface area contributed by atoms with Gasteiger partial charge in [-0.05, 0) is 43.3 Å². The Hall–Kier alpha value is -3.37. The Morgan fingerprint density at radius 2 is 1.79 bits per heavy atom. The lowest BCUT2D eigenvalue weighted by Crippen LogP contribution is -2.29. The number of benzene rings is 1. The fourth-order valence-corrected chi connectivity index (χ4v) is 3.50. The number of carbonyl (C=O) groups excluding carboxylic acids is 1. The highest BCUT2D eigenvalue weighted by molar-refractivity contribution is 7.89. The summed E-state index contributed by atoms with van der Waals surface area (Å²) in [6, 6.07) is 13.1. The van der Waals surface area contributed by atoms with Gasteiger partial charge in [0.1, 0.15) is 5.82 Å². The molecule has 0 amide bonds. The van der Waals surface area contributed by atoms with Crippen LogP contribution in [0.1, 0.15) is 17.3 Å². The molecule has 3 aromatic rings. The fourth-order valence-electron chi connectivity index (χ4n) is 2.42. The first-order valence-electron chi connectivity index (χ1n) is 8.79. The van der Waals surface area contributed by atoms with Gasteiger partial charge in [0.25, 0.3) is 0 Å². The average Bonchev–Trinajstić information content (AvgIpc) is 2.73. The second-order valence-corrected chi connectivity index (χ2v) is 7.85. The van der Waals surface area contributed by atoms with E-state index in [4.69, 9.17) is 0 Å². The number of rotatable bonds is 9. The zero-order valence-corrected chi connectivity index (χ0v) is 16.5. The summed E-state index contributed by atoms with van der Waals surface area (Å²) in [7, 11) is -3.71. The van der Waals surface area contributed by atoms with Crippen LogP contribution in [0.2, 0.25) is 0 Å². The topological polar surface area (TPSA) is 126 Å². The molecule has 2 aromatic heterocycles. The molecule has 0 aliphatic heterocycles. The van der Waals surface area contributed by atoms with Gasteiger partial charge >= 0.3 is 0 Å². The van der Waals surface area contributed by atoms with Crippen LogP contribution < -0.4 is 15.4 Å². The first kappa shape index (κ1) is 20.4. The number of hydrogen-bond donors (Lipinski definition) is 3. The minimum absolute atomic E-state index is 0.0517. The van der Waals surface area contributed by atoms with Gasteiger partial charge in [-0.15, -0.1) is 10.2 Å². The SMILES string of the molecule is CC(=O)c1cccc(S(=O)(=O)NCCNc2ccc(Nc3cccnc3)nn2)c1. The highest BCUT2D eigenvalue weighted by Crippen LogP contribution is 2.13. The van der Waals surface area contributed by atoms with Crippen molar-refractivity contribution in [2.75, 3.05) is 23.7 Å². The number of ketones is 1. The number of nitrogens with one attached hydrogen (secondary N) is 3. The van der Waals surface area contributed by atoms with Crippen molar-refractivity contribution >= 4 is 33.1 Å². The van der Waals surface area contributed by atoms with Gasteiger partial charge in [0.05, 0.1) is 16.8 Å².